The number of guanidine groups is 1. The monoisotopic (exact) mass is 285 g/mol. The Balaban J connectivity index is 1.54. The molecule has 0 radical (unpaired) electrons. The van der Waals surface area contributed by atoms with Crippen molar-refractivity contribution in [2.75, 3.05) is 18.1 Å². The molecule has 108 valence electrons. The molecule has 0 amide bonds. The molecule has 3 unspecified atom stereocenters. The topological polar surface area (TPSA) is 70.6 Å². The first-order chi connectivity index (χ1) is 9.02. The van der Waals surface area contributed by atoms with Gasteiger partial charge in [-0.05, 0) is 37.5 Å². The Labute approximate surface area is 115 Å². The second-order valence-corrected chi connectivity index (χ2v) is 8.57. The van der Waals surface area contributed by atoms with Gasteiger partial charge in [-0.15, -0.1) is 0 Å². The minimum atomic E-state index is -2.78. The number of rotatable bonds is 4. The van der Waals surface area contributed by atoms with Crippen molar-refractivity contribution in [3.63, 3.8) is 0 Å². The molecule has 0 aromatic carbocycles. The summed E-state index contributed by atoms with van der Waals surface area (Å²) in [5.41, 5.74) is 0. The maximum absolute atomic E-state index is 11.4. The molecular weight excluding hydrogens is 262 g/mol. The van der Waals surface area contributed by atoms with Crippen LogP contribution in [-0.2, 0) is 9.84 Å². The molecule has 0 aromatic rings. The molecule has 1 aliphatic heterocycles. The van der Waals surface area contributed by atoms with Crippen LogP contribution in [0.3, 0.4) is 0 Å². The fourth-order valence-corrected chi connectivity index (χ4v) is 4.34. The van der Waals surface area contributed by atoms with E-state index in [2.05, 4.69) is 22.5 Å². The van der Waals surface area contributed by atoms with E-state index < -0.39 is 9.84 Å². The average molecular weight is 285 g/mol. The van der Waals surface area contributed by atoms with Crippen LogP contribution in [0.25, 0.3) is 0 Å². The predicted octanol–water partition coefficient (Wildman–Crippen LogP) is 0.527. The number of aliphatic imine (C=N–C) groups is 1. The van der Waals surface area contributed by atoms with Gasteiger partial charge in [0, 0.05) is 18.6 Å². The van der Waals surface area contributed by atoms with Crippen LogP contribution in [0.15, 0.2) is 4.99 Å². The third-order valence-electron chi connectivity index (χ3n) is 4.18. The van der Waals surface area contributed by atoms with Crippen LogP contribution < -0.4 is 10.6 Å². The number of hydrogen-bond donors (Lipinski definition) is 2. The summed E-state index contributed by atoms with van der Waals surface area (Å²) in [7, 11) is -2.78. The lowest BCUT2D eigenvalue weighted by atomic mass is 10.1. The first-order valence-electron chi connectivity index (χ1n) is 7.30. The normalized spacial score (nSPS) is 37.1. The number of nitrogens with zero attached hydrogens (tertiary/aromatic N) is 1. The van der Waals surface area contributed by atoms with E-state index in [0.717, 1.165) is 18.3 Å². The molecule has 0 aromatic heterocycles. The summed E-state index contributed by atoms with van der Waals surface area (Å²) in [6.07, 6.45) is 4.42. The number of sulfone groups is 1. The van der Waals surface area contributed by atoms with Gasteiger partial charge in [-0.2, -0.15) is 0 Å². The zero-order valence-corrected chi connectivity index (χ0v) is 12.2. The van der Waals surface area contributed by atoms with Crippen molar-refractivity contribution in [2.24, 2.45) is 16.8 Å². The summed E-state index contributed by atoms with van der Waals surface area (Å²) in [4.78, 5) is 4.60. The van der Waals surface area contributed by atoms with Crippen LogP contribution in [0.1, 0.15) is 32.6 Å². The number of hydrogen-bond acceptors (Lipinski definition) is 3. The van der Waals surface area contributed by atoms with Gasteiger partial charge in [0.1, 0.15) is 0 Å². The Kier molecular flexibility index (Phi) is 3.45. The minimum absolute atomic E-state index is 0.208. The quantitative estimate of drug-likeness (QED) is 0.584. The van der Waals surface area contributed by atoms with Gasteiger partial charge in [0.05, 0.1) is 11.5 Å². The summed E-state index contributed by atoms with van der Waals surface area (Å²) >= 11 is 0. The Morgan fingerprint density at radius 1 is 1.26 bits per heavy atom. The third kappa shape index (κ3) is 3.84. The van der Waals surface area contributed by atoms with Crippen LogP contribution in [0.4, 0.5) is 0 Å². The molecule has 1 heterocycles. The zero-order valence-electron chi connectivity index (χ0n) is 11.4. The van der Waals surface area contributed by atoms with Crippen molar-refractivity contribution in [1.82, 2.24) is 10.6 Å². The van der Waals surface area contributed by atoms with Gasteiger partial charge in [-0.25, -0.2) is 8.42 Å². The van der Waals surface area contributed by atoms with E-state index in [-0.39, 0.29) is 5.92 Å². The number of nitrogens with one attached hydrogen (secondary N) is 2. The molecule has 3 atom stereocenters. The molecule has 3 aliphatic rings. The third-order valence-corrected chi connectivity index (χ3v) is 6.02. The summed E-state index contributed by atoms with van der Waals surface area (Å²) in [6, 6.07) is 1.13. The first-order valence-corrected chi connectivity index (χ1v) is 9.12. The van der Waals surface area contributed by atoms with Crippen LogP contribution in [0.2, 0.25) is 0 Å². The van der Waals surface area contributed by atoms with Crippen molar-refractivity contribution in [3.05, 3.63) is 0 Å². The van der Waals surface area contributed by atoms with Crippen molar-refractivity contribution >= 4 is 15.8 Å². The molecule has 2 saturated carbocycles. The van der Waals surface area contributed by atoms with Gasteiger partial charge in [0.2, 0.25) is 0 Å². The van der Waals surface area contributed by atoms with Crippen molar-refractivity contribution < 1.29 is 8.42 Å². The molecule has 0 spiro atoms. The Hall–Kier alpha value is -0.780. The molecule has 2 aliphatic carbocycles. The first kappa shape index (κ1) is 13.2. The van der Waals surface area contributed by atoms with Crippen molar-refractivity contribution in [1.29, 1.82) is 0 Å². The molecule has 3 fully saturated rings. The molecule has 0 bridgehead atoms. The van der Waals surface area contributed by atoms with Crippen LogP contribution in [0.5, 0.6) is 0 Å². The standard InChI is InChI=1S/C13H23N3O2S/c1-9-6-12(9)16-13(15-11-2-3-11)14-7-10-4-5-19(17,18)8-10/h9-12H,2-8H2,1H3,(H2,14,15,16). The summed E-state index contributed by atoms with van der Waals surface area (Å²) in [5, 5.41) is 6.86. The Morgan fingerprint density at radius 2 is 2.00 bits per heavy atom. The molecule has 6 heteroatoms. The summed E-state index contributed by atoms with van der Waals surface area (Å²) in [6.45, 7) is 2.86. The van der Waals surface area contributed by atoms with Gasteiger partial charge >= 0.3 is 0 Å². The molecular formula is C13H23N3O2S. The molecule has 19 heavy (non-hydrogen) atoms. The highest BCUT2D eigenvalue weighted by Crippen LogP contribution is 2.29. The van der Waals surface area contributed by atoms with Gasteiger partial charge in [0.25, 0.3) is 0 Å². The van der Waals surface area contributed by atoms with E-state index in [1.807, 2.05) is 0 Å². The summed E-state index contributed by atoms with van der Waals surface area (Å²) in [5.74, 6) is 2.48. The smallest absolute Gasteiger partial charge is 0.191 e. The second-order valence-electron chi connectivity index (χ2n) is 6.34. The fraction of sp³-hybridized carbons (Fsp3) is 0.923. The van der Waals surface area contributed by atoms with Crippen molar-refractivity contribution in [2.45, 2.75) is 44.7 Å². The molecule has 5 nitrogen and oxygen atoms in total. The van der Waals surface area contributed by atoms with Crippen LogP contribution >= 0.6 is 0 Å². The fourth-order valence-electron chi connectivity index (χ4n) is 2.49. The molecule has 3 rings (SSSR count). The maximum Gasteiger partial charge on any atom is 0.191 e. The van der Waals surface area contributed by atoms with Gasteiger partial charge in [-0.1, -0.05) is 6.92 Å². The lowest BCUT2D eigenvalue weighted by Gasteiger charge is -2.12. The molecule has 1 saturated heterocycles. The van der Waals surface area contributed by atoms with Gasteiger partial charge in [-0.3, -0.25) is 4.99 Å². The van der Waals surface area contributed by atoms with Crippen LogP contribution in [-0.4, -0.2) is 44.5 Å². The average Bonchev–Trinajstić information content (AvgIpc) is 3.23. The van der Waals surface area contributed by atoms with E-state index in [0.29, 0.717) is 30.1 Å². The lowest BCUT2D eigenvalue weighted by molar-refractivity contribution is 0.589. The zero-order chi connectivity index (χ0) is 13.5. The van der Waals surface area contributed by atoms with Crippen LogP contribution in [0, 0.1) is 11.8 Å². The SMILES string of the molecule is CC1CC1NC(=NCC1CCS(=O)(=O)C1)NC1CC1. The molecule has 2 N–H and O–H groups in total. The summed E-state index contributed by atoms with van der Waals surface area (Å²) < 4.78 is 22.8. The van der Waals surface area contributed by atoms with E-state index in [9.17, 15) is 8.42 Å². The van der Waals surface area contributed by atoms with E-state index in [1.165, 1.54) is 19.3 Å². The highest BCUT2D eigenvalue weighted by molar-refractivity contribution is 7.91. The Morgan fingerprint density at radius 3 is 2.53 bits per heavy atom. The maximum atomic E-state index is 11.4. The van der Waals surface area contributed by atoms with Crippen molar-refractivity contribution in [3.8, 4) is 0 Å². The minimum Gasteiger partial charge on any atom is -0.354 e. The Bertz CT molecular complexity index is 470. The van der Waals surface area contributed by atoms with E-state index >= 15 is 0 Å². The van der Waals surface area contributed by atoms with Gasteiger partial charge in [0.15, 0.2) is 15.8 Å². The van der Waals surface area contributed by atoms with E-state index in [1.54, 1.807) is 0 Å². The largest absolute Gasteiger partial charge is 0.354 e. The highest BCUT2D eigenvalue weighted by atomic mass is 32.2. The lowest BCUT2D eigenvalue weighted by Crippen LogP contribution is -2.40. The predicted molar refractivity (Wildman–Crippen MR) is 75.9 cm³/mol. The second kappa shape index (κ2) is 4.96. The highest BCUT2D eigenvalue weighted by Gasteiger charge is 2.34. The van der Waals surface area contributed by atoms with Gasteiger partial charge < -0.3 is 10.6 Å². The van der Waals surface area contributed by atoms with E-state index in [4.69, 9.17) is 0 Å².